The summed E-state index contributed by atoms with van der Waals surface area (Å²) in [6, 6.07) is 3.98. The molecule has 3 rings (SSSR count). The number of amides is 1. The molecule has 2 heterocycles. The molecule has 1 aromatic heterocycles. The van der Waals surface area contributed by atoms with Gasteiger partial charge in [-0.15, -0.1) is 0 Å². The Hall–Kier alpha value is -3.29. The molecule has 2 aromatic rings. The molecule has 174 valence electrons. The Morgan fingerprint density at radius 1 is 1.22 bits per heavy atom. The van der Waals surface area contributed by atoms with Gasteiger partial charge in [0, 0.05) is 6.20 Å². The molecule has 1 amide bonds. The van der Waals surface area contributed by atoms with Crippen molar-refractivity contribution in [2.45, 2.75) is 24.4 Å². The molecular formula is C19H21F2N3O8. The number of alkyl halides is 2. The van der Waals surface area contributed by atoms with Crippen LogP contribution in [0.15, 0.2) is 29.2 Å². The van der Waals surface area contributed by atoms with Crippen LogP contribution in [0.2, 0.25) is 0 Å². The van der Waals surface area contributed by atoms with E-state index in [4.69, 9.17) is 24.1 Å². The van der Waals surface area contributed by atoms with Gasteiger partial charge in [0.25, 0.3) is 5.91 Å². The SMILES string of the molecule is COc1ccc(C(=O)Nc2ccn(C3O[C@H](CO)[C@@H](O)C3(F)F)c(=O)n2)c(OC)c1OC. The van der Waals surface area contributed by atoms with Crippen molar-refractivity contribution in [1.82, 2.24) is 9.55 Å². The standard InChI is InChI=1S/C19H21F2N3O8/c1-29-10-5-4-9(13(30-2)14(10)31-3)16(27)22-12-6-7-24(18(28)23-12)17-19(20,21)15(26)11(8-25)32-17/h4-7,11,15,17,25-26H,8H2,1-3H3,(H,22,23,27,28)/t11-,15-,17?/m1/s1. The number of aromatic nitrogens is 2. The van der Waals surface area contributed by atoms with Gasteiger partial charge in [-0.1, -0.05) is 0 Å². The third-order valence-electron chi connectivity index (χ3n) is 4.83. The first-order valence-corrected chi connectivity index (χ1v) is 9.21. The van der Waals surface area contributed by atoms with Gasteiger partial charge in [0.2, 0.25) is 12.0 Å². The van der Waals surface area contributed by atoms with Crippen molar-refractivity contribution >= 4 is 11.7 Å². The second-order valence-corrected chi connectivity index (χ2v) is 6.67. The van der Waals surface area contributed by atoms with Crippen LogP contribution in [-0.4, -0.2) is 71.7 Å². The van der Waals surface area contributed by atoms with Crippen molar-refractivity contribution in [1.29, 1.82) is 0 Å². The number of ether oxygens (including phenoxy) is 4. The Bertz CT molecular complexity index is 1060. The predicted molar refractivity (Wildman–Crippen MR) is 104 cm³/mol. The number of nitrogens with one attached hydrogen (secondary N) is 1. The zero-order valence-electron chi connectivity index (χ0n) is 17.2. The molecule has 1 aliphatic heterocycles. The first kappa shape index (κ1) is 23.4. The van der Waals surface area contributed by atoms with Crippen LogP contribution in [0, 0.1) is 0 Å². The average molecular weight is 457 g/mol. The van der Waals surface area contributed by atoms with E-state index < -0.39 is 42.6 Å². The van der Waals surface area contributed by atoms with E-state index in [1.807, 2.05) is 0 Å². The number of hydrogen-bond acceptors (Lipinski definition) is 9. The van der Waals surface area contributed by atoms with E-state index in [0.29, 0.717) is 10.3 Å². The summed E-state index contributed by atoms with van der Waals surface area (Å²) in [6.07, 6.45) is -5.12. The Balaban J connectivity index is 1.87. The van der Waals surface area contributed by atoms with Gasteiger partial charge in [-0.05, 0) is 18.2 Å². The first-order valence-electron chi connectivity index (χ1n) is 9.21. The molecule has 0 radical (unpaired) electrons. The summed E-state index contributed by atoms with van der Waals surface area (Å²) >= 11 is 0. The van der Waals surface area contributed by atoms with Gasteiger partial charge in [0.1, 0.15) is 11.9 Å². The van der Waals surface area contributed by atoms with Crippen LogP contribution < -0.4 is 25.2 Å². The molecule has 1 aliphatic rings. The smallest absolute Gasteiger partial charge is 0.351 e. The van der Waals surface area contributed by atoms with E-state index in [1.54, 1.807) is 0 Å². The number of rotatable bonds is 7. The minimum Gasteiger partial charge on any atom is -0.493 e. The van der Waals surface area contributed by atoms with Gasteiger partial charge in [-0.25, -0.2) is 4.79 Å². The number of methoxy groups -OCH3 is 3. The number of benzene rings is 1. The second-order valence-electron chi connectivity index (χ2n) is 6.67. The fraction of sp³-hybridized carbons (Fsp3) is 0.421. The highest BCUT2D eigenvalue weighted by molar-refractivity contribution is 6.06. The van der Waals surface area contributed by atoms with Crippen LogP contribution in [0.1, 0.15) is 16.6 Å². The lowest BCUT2D eigenvalue weighted by Gasteiger charge is -2.21. The van der Waals surface area contributed by atoms with E-state index in [0.717, 1.165) is 12.3 Å². The molecular weight excluding hydrogens is 436 g/mol. The van der Waals surface area contributed by atoms with Crippen LogP contribution in [0.25, 0.3) is 0 Å². The van der Waals surface area contributed by atoms with Crippen molar-refractivity contribution in [2.24, 2.45) is 0 Å². The predicted octanol–water partition coefficient (Wildman–Crippen LogP) is 0.407. The number of halogens is 2. The van der Waals surface area contributed by atoms with E-state index in [9.17, 15) is 23.5 Å². The van der Waals surface area contributed by atoms with Crippen LogP contribution >= 0.6 is 0 Å². The third kappa shape index (κ3) is 3.97. The van der Waals surface area contributed by atoms with Crippen molar-refractivity contribution < 1.29 is 42.7 Å². The molecule has 1 saturated heterocycles. The number of carbonyl (C=O) groups is 1. The zero-order valence-corrected chi connectivity index (χ0v) is 17.2. The minimum absolute atomic E-state index is 0.0377. The number of nitrogens with zero attached hydrogens (tertiary/aromatic N) is 2. The molecule has 3 atom stereocenters. The molecule has 1 unspecified atom stereocenters. The summed E-state index contributed by atoms with van der Waals surface area (Å²) in [5.41, 5.74) is -1.13. The van der Waals surface area contributed by atoms with Gasteiger partial charge in [0.05, 0.1) is 33.5 Å². The summed E-state index contributed by atoms with van der Waals surface area (Å²) < 4.78 is 49.5. The molecule has 0 spiro atoms. The maximum Gasteiger partial charge on any atom is 0.351 e. The van der Waals surface area contributed by atoms with Gasteiger partial charge in [-0.3, -0.25) is 9.36 Å². The zero-order chi connectivity index (χ0) is 23.6. The Morgan fingerprint density at radius 2 is 1.91 bits per heavy atom. The van der Waals surface area contributed by atoms with Gasteiger partial charge in [0.15, 0.2) is 17.6 Å². The summed E-state index contributed by atoms with van der Waals surface area (Å²) in [5.74, 6) is -4.23. The van der Waals surface area contributed by atoms with Gasteiger partial charge >= 0.3 is 11.6 Å². The summed E-state index contributed by atoms with van der Waals surface area (Å²) in [4.78, 5) is 28.6. The largest absolute Gasteiger partial charge is 0.493 e. The molecule has 11 nitrogen and oxygen atoms in total. The maximum absolute atomic E-state index is 14.3. The fourth-order valence-electron chi connectivity index (χ4n) is 3.24. The van der Waals surface area contributed by atoms with Crippen molar-refractivity contribution in [3.63, 3.8) is 0 Å². The fourth-order valence-corrected chi connectivity index (χ4v) is 3.24. The van der Waals surface area contributed by atoms with Crippen LogP contribution in [0.3, 0.4) is 0 Å². The maximum atomic E-state index is 14.3. The highest BCUT2D eigenvalue weighted by Crippen LogP contribution is 2.42. The summed E-state index contributed by atoms with van der Waals surface area (Å²) in [5, 5.41) is 21.1. The lowest BCUT2D eigenvalue weighted by Crippen LogP contribution is -2.41. The normalized spacial score (nSPS) is 21.8. The number of aliphatic hydroxyl groups is 2. The topological polar surface area (TPSA) is 141 Å². The van der Waals surface area contributed by atoms with Crippen molar-refractivity contribution in [2.75, 3.05) is 33.3 Å². The average Bonchev–Trinajstić information content (AvgIpc) is 3.01. The van der Waals surface area contributed by atoms with Gasteiger partial charge < -0.3 is 34.5 Å². The third-order valence-corrected chi connectivity index (χ3v) is 4.83. The molecule has 32 heavy (non-hydrogen) atoms. The Morgan fingerprint density at radius 3 is 2.44 bits per heavy atom. The highest BCUT2D eigenvalue weighted by Gasteiger charge is 2.59. The van der Waals surface area contributed by atoms with E-state index in [-0.39, 0.29) is 22.9 Å². The summed E-state index contributed by atoms with van der Waals surface area (Å²) in [6.45, 7) is -0.864. The van der Waals surface area contributed by atoms with Crippen molar-refractivity contribution in [3.05, 3.63) is 40.4 Å². The van der Waals surface area contributed by atoms with Crippen LogP contribution in [0.4, 0.5) is 14.6 Å². The van der Waals surface area contributed by atoms with E-state index >= 15 is 0 Å². The number of aliphatic hydroxyl groups excluding tert-OH is 2. The quantitative estimate of drug-likeness (QED) is 0.539. The molecule has 3 N–H and O–H groups in total. The van der Waals surface area contributed by atoms with E-state index in [1.165, 1.54) is 33.5 Å². The van der Waals surface area contributed by atoms with E-state index in [2.05, 4.69) is 10.3 Å². The number of carbonyl (C=O) groups excluding carboxylic acids is 1. The second kappa shape index (κ2) is 9.06. The molecule has 1 aromatic carbocycles. The minimum atomic E-state index is -3.85. The van der Waals surface area contributed by atoms with Crippen molar-refractivity contribution in [3.8, 4) is 17.2 Å². The van der Waals surface area contributed by atoms with Crippen LogP contribution in [-0.2, 0) is 4.74 Å². The number of hydrogen-bond donors (Lipinski definition) is 3. The molecule has 1 fully saturated rings. The Kier molecular flexibility index (Phi) is 6.62. The molecule has 0 saturated carbocycles. The number of anilines is 1. The van der Waals surface area contributed by atoms with Crippen LogP contribution in [0.5, 0.6) is 17.2 Å². The lowest BCUT2D eigenvalue weighted by molar-refractivity contribution is -0.140. The summed E-state index contributed by atoms with van der Waals surface area (Å²) in [7, 11) is 4.10. The molecule has 0 bridgehead atoms. The molecule has 13 heteroatoms. The first-order chi connectivity index (χ1) is 15.2. The molecule has 0 aliphatic carbocycles. The Labute approximate surface area is 180 Å². The highest BCUT2D eigenvalue weighted by atomic mass is 19.3. The lowest BCUT2D eigenvalue weighted by atomic mass is 10.1. The van der Waals surface area contributed by atoms with Gasteiger partial charge in [-0.2, -0.15) is 13.8 Å². The monoisotopic (exact) mass is 457 g/mol.